The number of benzene rings is 2. The van der Waals surface area contributed by atoms with E-state index in [-0.39, 0.29) is 5.91 Å². The second kappa shape index (κ2) is 5.69. The molecule has 1 amide bonds. The molecule has 0 unspecified atom stereocenters. The van der Waals surface area contributed by atoms with Gasteiger partial charge in [0.1, 0.15) is 22.9 Å². The van der Waals surface area contributed by atoms with Gasteiger partial charge in [-0.25, -0.2) is 4.99 Å². The first kappa shape index (κ1) is 14.4. The Bertz CT molecular complexity index is 787. The largest absolute Gasteiger partial charge is 0.497 e. The van der Waals surface area contributed by atoms with Crippen LogP contribution in [-0.2, 0) is 4.79 Å². The molecule has 2 aromatic carbocycles. The van der Waals surface area contributed by atoms with E-state index in [4.69, 9.17) is 21.1 Å². The Hall–Kier alpha value is -2.53. The average molecular weight is 317 g/mol. The van der Waals surface area contributed by atoms with E-state index < -0.39 is 0 Å². The van der Waals surface area contributed by atoms with E-state index in [1.54, 1.807) is 12.1 Å². The van der Waals surface area contributed by atoms with Crippen LogP contribution in [0.5, 0.6) is 11.5 Å². The first-order valence-electron chi connectivity index (χ1n) is 6.55. The lowest BCUT2D eigenvalue weighted by molar-refractivity contribution is -0.110. The molecule has 1 aliphatic heterocycles. The molecule has 2 aromatic rings. The van der Waals surface area contributed by atoms with Gasteiger partial charge in [0.05, 0.1) is 24.9 Å². The highest BCUT2D eigenvalue weighted by molar-refractivity contribution is 6.54. The number of rotatable bonds is 3. The van der Waals surface area contributed by atoms with Gasteiger partial charge >= 0.3 is 0 Å². The molecule has 5 nitrogen and oxygen atoms in total. The molecule has 0 aromatic heterocycles. The van der Waals surface area contributed by atoms with Crippen molar-refractivity contribution in [2.24, 2.45) is 4.99 Å². The molecule has 112 valence electrons. The highest BCUT2D eigenvalue weighted by Crippen LogP contribution is 2.40. The molecular formula is C16H13ClN2O3. The van der Waals surface area contributed by atoms with Gasteiger partial charge in [0, 0.05) is 17.7 Å². The number of carbonyl (C=O) groups is 1. The first-order chi connectivity index (χ1) is 10.6. The van der Waals surface area contributed by atoms with Gasteiger partial charge < -0.3 is 14.8 Å². The van der Waals surface area contributed by atoms with Gasteiger partial charge in [-0.15, -0.1) is 0 Å². The molecule has 0 spiro atoms. The average Bonchev–Trinajstić information content (AvgIpc) is 2.84. The summed E-state index contributed by atoms with van der Waals surface area (Å²) in [5.74, 6) is 0.728. The lowest BCUT2D eigenvalue weighted by Gasteiger charge is -2.09. The van der Waals surface area contributed by atoms with Crippen molar-refractivity contribution >= 4 is 34.6 Å². The van der Waals surface area contributed by atoms with Gasteiger partial charge in [0.25, 0.3) is 5.91 Å². The topological polar surface area (TPSA) is 59.9 Å². The molecular weight excluding hydrogens is 304 g/mol. The Morgan fingerprint density at radius 2 is 1.91 bits per heavy atom. The van der Waals surface area contributed by atoms with E-state index in [1.165, 1.54) is 14.2 Å². The van der Waals surface area contributed by atoms with Crippen molar-refractivity contribution in [2.75, 3.05) is 19.5 Å². The van der Waals surface area contributed by atoms with Crippen LogP contribution in [0.3, 0.4) is 0 Å². The summed E-state index contributed by atoms with van der Waals surface area (Å²) in [6.07, 6.45) is 0. The molecule has 1 heterocycles. The molecule has 1 N–H and O–H groups in total. The molecule has 0 radical (unpaired) electrons. The summed E-state index contributed by atoms with van der Waals surface area (Å²) < 4.78 is 10.4. The normalized spacial score (nSPS) is 14.7. The third-order valence-corrected chi connectivity index (χ3v) is 3.61. The number of nitrogens with one attached hydrogen (secondary N) is 1. The molecule has 0 fully saturated rings. The maximum atomic E-state index is 12.1. The van der Waals surface area contributed by atoms with E-state index in [0.29, 0.717) is 27.9 Å². The monoisotopic (exact) mass is 316 g/mol. The van der Waals surface area contributed by atoms with Gasteiger partial charge in [-0.05, 0) is 6.07 Å². The SMILES string of the molecule is COc1cc(Cl)c(N=C2C(=O)Nc3ccccc32)c(OC)c1. The lowest BCUT2D eigenvalue weighted by Crippen LogP contribution is -2.14. The Morgan fingerprint density at radius 3 is 2.64 bits per heavy atom. The summed E-state index contributed by atoms with van der Waals surface area (Å²) in [4.78, 5) is 16.5. The second-order valence-electron chi connectivity index (χ2n) is 4.62. The number of ether oxygens (including phenoxy) is 2. The molecule has 1 aliphatic rings. The molecule has 0 saturated carbocycles. The summed E-state index contributed by atoms with van der Waals surface area (Å²) in [5, 5.41) is 3.12. The van der Waals surface area contributed by atoms with E-state index >= 15 is 0 Å². The Kier molecular flexibility index (Phi) is 3.73. The van der Waals surface area contributed by atoms with Crippen molar-refractivity contribution in [3.63, 3.8) is 0 Å². The van der Waals surface area contributed by atoms with Gasteiger partial charge in [-0.2, -0.15) is 0 Å². The van der Waals surface area contributed by atoms with Crippen LogP contribution in [0.25, 0.3) is 0 Å². The number of fused-ring (bicyclic) bond motifs is 1. The maximum Gasteiger partial charge on any atom is 0.275 e. The molecule has 0 bridgehead atoms. The number of aliphatic imine (C=N–C) groups is 1. The number of carbonyl (C=O) groups excluding carboxylic acids is 1. The Labute approximate surface area is 132 Å². The minimum Gasteiger partial charge on any atom is -0.497 e. The third kappa shape index (κ3) is 2.40. The minimum absolute atomic E-state index is 0.268. The highest BCUT2D eigenvalue weighted by atomic mass is 35.5. The summed E-state index contributed by atoms with van der Waals surface area (Å²) in [6, 6.07) is 10.6. The molecule has 22 heavy (non-hydrogen) atoms. The van der Waals surface area contributed by atoms with Gasteiger partial charge in [0.2, 0.25) is 0 Å². The number of hydrogen-bond donors (Lipinski definition) is 1. The molecule has 6 heteroatoms. The van der Waals surface area contributed by atoms with E-state index in [2.05, 4.69) is 10.3 Å². The number of hydrogen-bond acceptors (Lipinski definition) is 4. The van der Waals surface area contributed by atoms with E-state index in [9.17, 15) is 4.79 Å². The predicted molar refractivity (Wildman–Crippen MR) is 85.8 cm³/mol. The summed E-state index contributed by atoms with van der Waals surface area (Å²) >= 11 is 6.25. The standard InChI is InChI=1S/C16H13ClN2O3/c1-21-9-7-11(17)15(13(8-9)22-2)19-14-10-5-3-4-6-12(10)18-16(14)20/h3-8H,1-2H3,(H,18,19,20). The third-order valence-electron chi connectivity index (χ3n) is 3.33. The lowest BCUT2D eigenvalue weighted by atomic mass is 10.1. The number of amides is 1. The molecule has 0 atom stereocenters. The fraction of sp³-hybridized carbons (Fsp3) is 0.125. The number of methoxy groups -OCH3 is 2. The van der Waals surface area contributed by atoms with Crippen LogP contribution in [0.1, 0.15) is 5.56 Å². The van der Waals surface area contributed by atoms with Crippen molar-refractivity contribution in [2.45, 2.75) is 0 Å². The Balaban J connectivity index is 2.15. The van der Waals surface area contributed by atoms with Crippen LogP contribution in [0, 0.1) is 0 Å². The van der Waals surface area contributed by atoms with Crippen molar-refractivity contribution in [1.29, 1.82) is 0 Å². The van der Waals surface area contributed by atoms with Gasteiger partial charge in [-0.1, -0.05) is 29.8 Å². The van der Waals surface area contributed by atoms with Crippen molar-refractivity contribution in [3.05, 3.63) is 47.0 Å². The molecule has 3 rings (SSSR count). The van der Waals surface area contributed by atoms with Crippen LogP contribution in [-0.4, -0.2) is 25.8 Å². The zero-order valence-electron chi connectivity index (χ0n) is 12.0. The number of halogens is 1. The quantitative estimate of drug-likeness (QED) is 0.943. The van der Waals surface area contributed by atoms with Crippen LogP contribution in [0.2, 0.25) is 5.02 Å². The fourth-order valence-corrected chi connectivity index (χ4v) is 2.50. The number of para-hydroxylation sites is 1. The zero-order chi connectivity index (χ0) is 15.7. The van der Waals surface area contributed by atoms with Crippen LogP contribution in [0.15, 0.2) is 41.4 Å². The number of nitrogens with zero attached hydrogens (tertiary/aromatic N) is 1. The smallest absolute Gasteiger partial charge is 0.275 e. The maximum absolute atomic E-state index is 12.1. The highest BCUT2D eigenvalue weighted by Gasteiger charge is 2.26. The second-order valence-corrected chi connectivity index (χ2v) is 5.03. The van der Waals surface area contributed by atoms with E-state index in [0.717, 1.165) is 11.3 Å². The summed E-state index contributed by atoms with van der Waals surface area (Å²) in [6.45, 7) is 0. The van der Waals surface area contributed by atoms with Crippen LogP contribution >= 0.6 is 11.6 Å². The first-order valence-corrected chi connectivity index (χ1v) is 6.93. The fourth-order valence-electron chi connectivity index (χ4n) is 2.26. The van der Waals surface area contributed by atoms with Gasteiger partial charge in [0.15, 0.2) is 0 Å². The van der Waals surface area contributed by atoms with Crippen molar-refractivity contribution in [3.8, 4) is 11.5 Å². The van der Waals surface area contributed by atoms with Gasteiger partial charge in [-0.3, -0.25) is 4.79 Å². The van der Waals surface area contributed by atoms with Crippen molar-refractivity contribution in [1.82, 2.24) is 0 Å². The van der Waals surface area contributed by atoms with E-state index in [1.807, 2.05) is 24.3 Å². The molecule has 0 saturated heterocycles. The van der Waals surface area contributed by atoms with Crippen molar-refractivity contribution < 1.29 is 14.3 Å². The number of anilines is 1. The molecule has 0 aliphatic carbocycles. The van der Waals surface area contributed by atoms with Crippen LogP contribution < -0.4 is 14.8 Å². The zero-order valence-corrected chi connectivity index (χ0v) is 12.8. The summed E-state index contributed by atoms with van der Waals surface area (Å²) in [7, 11) is 3.05. The summed E-state index contributed by atoms with van der Waals surface area (Å²) in [5.41, 5.74) is 2.17. The van der Waals surface area contributed by atoms with Crippen LogP contribution in [0.4, 0.5) is 11.4 Å². The predicted octanol–water partition coefficient (Wildman–Crippen LogP) is 3.43. The minimum atomic E-state index is -0.268. The Morgan fingerprint density at radius 1 is 1.14 bits per heavy atom.